The molecular formula is C13H20N2. The number of nitrogens with two attached hydrogens (primary N) is 1. The summed E-state index contributed by atoms with van der Waals surface area (Å²) in [5.74, 6) is 0. The van der Waals surface area contributed by atoms with Crippen LogP contribution in [0.2, 0.25) is 0 Å². The molecule has 2 nitrogen and oxygen atoms in total. The third kappa shape index (κ3) is 2.80. The summed E-state index contributed by atoms with van der Waals surface area (Å²) < 4.78 is 0. The molecule has 1 fully saturated rings. The van der Waals surface area contributed by atoms with Crippen LogP contribution in [0.1, 0.15) is 25.3 Å². The Morgan fingerprint density at radius 2 is 2.00 bits per heavy atom. The van der Waals surface area contributed by atoms with Crippen molar-refractivity contribution in [2.75, 3.05) is 6.54 Å². The maximum atomic E-state index is 6.00. The second kappa shape index (κ2) is 4.77. The fourth-order valence-corrected chi connectivity index (χ4v) is 2.25. The lowest BCUT2D eigenvalue weighted by Crippen LogP contribution is -2.46. The largest absolute Gasteiger partial charge is 0.327 e. The average molecular weight is 204 g/mol. The molecule has 0 bridgehead atoms. The van der Waals surface area contributed by atoms with E-state index in [0.29, 0.717) is 12.1 Å². The van der Waals surface area contributed by atoms with E-state index in [4.69, 9.17) is 5.73 Å². The third-order valence-corrected chi connectivity index (χ3v) is 3.28. The molecule has 1 aromatic rings. The third-order valence-electron chi connectivity index (χ3n) is 3.28. The first kappa shape index (κ1) is 10.7. The fourth-order valence-electron chi connectivity index (χ4n) is 2.25. The predicted octanol–water partition coefficient (Wildman–Crippen LogP) is 2.00. The Bertz CT molecular complexity index is 297. The van der Waals surface area contributed by atoms with Crippen molar-refractivity contribution in [3.8, 4) is 0 Å². The molecule has 2 heteroatoms. The number of rotatable bonds is 2. The number of hydrogen-bond acceptors (Lipinski definition) is 2. The quantitative estimate of drug-likeness (QED) is 0.798. The number of hydrogen-bond donors (Lipinski definition) is 1. The van der Waals surface area contributed by atoms with Crippen LogP contribution in [0.5, 0.6) is 0 Å². The highest BCUT2D eigenvalue weighted by molar-refractivity contribution is 5.14. The zero-order valence-electron chi connectivity index (χ0n) is 9.39. The summed E-state index contributed by atoms with van der Waals surface area (Å²) in [5.41, 5.74) is 7.39. The molecule has 82 valence electrons. The molecule has 0 aliphatic carbocycles. The number of benzene rings is 1. The van der Waals surface area contributed by atoms with Gasteiger partial charge in [-0.3, -0.25) is 4.90 Å². The maximum absolute atomic E-state index is 6.00. The minimum absolute atomic E-state index is 0.366. The molecule has 0 amide bonds. The van der Waals surface area contributed by atoms with Crippen LogP contribution in [-0.4, -0.2) is 23.5 Å². The van der Waals surface area contributed by atoms with Gasteiger partial charge in [-0.1, -0.05) is 30.3 Å². The van der Waals surface area contributed by atoms with Gasteiger partial charge in [0.05, 0.1) is 0 Å². The zero-order chi connectivity index (χ0) is 10.7. The van der Waals surface area contributed by atoms with Crippen LogP contribution < -0.4 is 5.73 Å². The van der Waals surface area contributed by atoms with Crippen molar-refractivity contribution in [1.29, 1.82) is 0 Å². The second-order valence-corrected chi connectivity index (χ2v) is 4.60. The molecule has 1 aliphatic heterocycles. The lowest BCUT2D eigenvalue weighted by molar-refractivity contribution is 0.138. The van der Waals surface area contributed by atoms with E-state index < -0.39 is 0 Å². The molecule has 1 aromatic carbocycles. The minimum Gasteiger partial charge on any atom is -0.327 e. The molecule has 1 aliphatic rings. The number of piperidine rings is 1. The van der Waals surface area contributed by atoms with Crippen molar-refractivity contribution in [3.63, 3.8) is 0 Å². The van der Waals surface area contributed by atoms with Gasteiger partial charge in [-0.05, 0) is 25.3 Å². The topological polar surface area (TPSA) is 29.3 Å². The second-order valence-electron chi connectivity index (χ2n) is 4.60. The van der Waals surface area contributed by atoms with Gasteiger partial charge in [0.1, 0.15) is 0 Å². The molecule has 0 saturated carbocycles. The van der Waals surface area contributed by atoms with E-state index in [-0.39, 0.29) is 0 Å². The zero-order valence-corrected chi connectivity index (χ0v) is 9.39. The summed E-state index contributed by atoms with van der Waals surface area (Å²) in [6.45, 7) is 4.38. The Kier molecular flexibility index (Phi) is 3.39. The monoisotopic (exact) mass is 204 g/mol. The molecule has 2 N–H and O–H groups in total. The fraction of sp³-hybridized carbons (Fsp3) is 0.538. The Labute approximate surface area is 92.1 Å². The van der Waals surface area contributed by atoms with E-state index in [1.54, 1.807) is 0 Å². The summed E-state index contributed by atoms with van der Waals surface area (Å²) in [6.07, 6.45) is 2.40. The Morgan fingerprint density at radius 1 is 1.27 bits per heavy atom. The highest BCUT2D eigenvalue weighted by atomic mass is 15.2. The molecular weight excluding hydrogens is 184 g/mol. The highest BCUT2D eigenvalue weighted by Crippen LogP contribution is 2.18. The Balaban J connectivity index is 1.98. The minimum atomic E-state index is 0.366. The van der Waals surface area contributed by atoms with Crippen LogP contribution in [0.4, 0.5) is 0 Å². The average Bonchev–Trinajstić information content (AvgIpc) is 2.25. The number of nitrogens with zero attached hydrogens (tertiary/aromatic N) is 1. The summed E-state index contributed by atoms with van der Waals surface area (Å²) >= 11 is 0. The van der Waals surface area contributed by atoms with Crippen LogP contribution in [-0.2, 0) is 6.54 Å². The summed E-state index contributed by atoms with van der Waals surface area (Å²) in [5, 5.41) is 0. The van der Waals surface area contributed by atoms with Crippen LogP contribution in [0, 0.1) is 0 Å². The summed E-state index contributed by atoms with van der Waals surface area (Å²) in [7, 11) is 0. The molecule has 0 aromatic heterocycles. The molecule has 0 radical (unpaired) electrons. The smallest absolute Gasteiger partial charge is 0.0237 e. The van der Waals surface area contributed by atoms with Crippen molar-refractivity contribution in [3.05, 3.63) is 35.9 Å². The van der Waals surface area contributed by atoms with E-state index in [1.807, 2.05) is 0 Å². The first-order chi connectivity index (χ1) is 7.25. The molecule has 2 unspecified atom stereocenters. The van der Waals surface area contributed by atoms with Gasteiger partial charge in [-0.2, -0.15) is 0 Å². The van der Waals surface area contributed by atoms with Gasteiger partial charge in [0.25, 0.3) is 0 Å². The van der Waals surface area contributed by atoms with Gasteiger partial charge < -0.3 is 5.73 Å². The van der Waals surface area contributed by atoms with Crippen molar-refractivity contribution in [1.82, 2.24) is 4.90 Å². The van der Waals surface area contributed by atoms with Gasteiger partial charge in [0.15, 0.2) is 0 Å². The van der Waals surface area contributed by atoms with Gasteiger partial charge in [-0.25, -0.2) is 0 Å². The SMILES string of the molecule is CC1CCC(N)CN1Cc1ccccc1. The van der Waals surface area contributed by atoms with Crippen molar-refractivity contribution in [2.24, 2.45) is 5.73 Å². The van der Waals surface area contributed by atoms with Crippen molar-refractivity contribution >= 4 is 0 Å². The van der Waals surface area contributed by atoms with E-state index in [1.165, 1.54) is 18.4 Å². The molecule has 1 saturated heterocycles. The lowest BCUT2D eigenvalue weighted by atomic mass is 9.99. The lowest BCUT2D eigenvalue weighted by Gasteiger charge is -2.36. The van der Waals surface area contributed by atoms with E-state index in [0.717, 1.165) is 13.1 Å². The first-order valence-corrected chi connectivity index (χ1v) is 5.79. The van der Waals surface area contributed by atoms with Crippen LogP contribution in [0.15, 0.2) is 30.3 Å². The van der Waals surface area contributed by atoms with Crippen LogP contribution in [0.25, 0.3) is 0 Å². The van der Waals surface area contributed by atoms with Crippen molar-refractivity contribution < 1.29 is 0 Å². The van der Waals surface area contributed by atoms with Gasteiger partial charge >= 0.3 is 0 Å². The molecule has 2 rings (SSSR count). The maximum Gasteiger partial charge on any atom is 0.0237 e. The van der Waals surface area contributed by atoms with E-state index >= 15 is 0 Å². The van der Waals surface area contributed by atoms with Crippen LogP contribution >= 0.6 is 0 Å². The van der Waals surface area contributed by atoms with Gasteiger partial charge in [-0.15, -0.1) is 0 Å². The van der Waals surface area contributed by atoms with Crippen LogP contribution in [0.3, 0.4) is 0 Å². The Hall–Kier alpha value is -0.860. The normalized spacial score (nSPS) is 27.9. The first-order valence-electron chi connectivity index (χ1n) is 5.79. The standard InChI is InChI=1S/C13H20N2/c1-11-7-8-13(14)10-15(11)9-12-5-3-2-4-6-12/h2-6,11,13H,7-10,14H2,1H3. The number of likely N-dealkylation sites (tertiary alicyclic amines) is 1. The van der Waals surface area contributed by atoms with Gasteiger partial charge in [0, 0.05) is 25.2 Å². The van der Waals surface area contributed by atoms with E-state index in [9.17, 15) is 0 Å². The van der Waals surface area contributed by atoms with Gasteiger partial charge in [0.2, 0.25) is 0 Å². The van der Waals surface area contributed by atoms with Crippen molar-refractivity contribution in [2.45, 2.75) is 38.4 Å². The van der Waals surface area contributed by atoms with E-state index in [2.05, 4.69) is 42.2 Å². The molecule has 2 atom stereocenters. The summed E-state index contributed by atoms with van der Waals surface area (Å²) in [6, 6.07) is 11.7. The molecule has 1 heterocycles. The highest BCUT2D eigenvalue weighted by Gasteiger charge is 2.22. The Morgan fingerprint density at radius 3 is 2.73 bits per heavy atom. The predicted molar refractivity (Wildman–Crippen MR) is 63.5 cm³/mol. The summed E-state index contributed by atoms with van der Waals surface area (Å²) in [4.78, 5) is 2.49. The molecule has 15 heavy (non-hydrogen) atoms. The molecule has 0 spiro atoms.